The molecule has 0 spiro atoms. The summed E-state index contributed by atoms with van der Waals surface area (Å²) in [5.41, 5.74) is 0.872. The Morgan fingerprint density at radius 1 is 1.00 bits per heavy atom. The Kier molecular flexibility index (Phi) is 6.74. The summed E-state index contributed by atoms with van der Waals surface area (Å²) >= 11 is 0. The van der Waals surface area contributed by atoms with E-state index in [0.717, 1.165) is 5.56 Å². The molecule has 1 unspecified atom stereocenters. The van der Waals surface area contributed by atoms with Crippen molar-refractivity contribution in [3.63, 3.8) is 0 Å². The molecule has 0 aliphatic heterocycles. The number of aliphatic carboxylic acids is 1. The molecule has 144 valence electrons. The molecule has 0 saturated carbocycles. The summed E-state index contributed by atoms with van der Waals surface area (Å²) in [5.74, 6) is -2.44. The fourth-order valence-electron chi connectivity index (χ4n) is 2.61. The Labute approximate surface area is 159 Å². The Bertz CT molecular complexity index is 907. The van der Waals surface area contributed by atoms with E-state index in [4.69, 9.17) is 0 Å². The largest absolute Gasteiger partial charge is 0.481 e. The molecule has 0 fully saturated rings. The lowest BCUT2D eigenvalue weighted by atomic mass is 9.99. The third-order valence-electron chi connectivity index (χ3n) is 4.24. The van der Waals surface area contributed by atoms with Gasteiger partial charge in [-0.2, -0.15) is 0 Å². The number of sulfone groups is 1. The number of carboxylic acid groups (broad SMARTS) is 1. The second-order valence-corrected chi connectivity index (χ2v) is 9.00. The lowest BCUT2D eigenvalue weighted by Crippen LogP contribution is -2.35. The van der Waals surface area contributed by atoms with Crippen LogP contribution in [0.3, 0.4) is 0 Å². The van der Waals surface area contributed by atoms with Gasteiger partial charge in [0.1, 0.15) is 0 Å². The van der Waals surface area contributed by atoms with E-state index in [0.29, 0.717) is 0 Å². The zero-order valence-corrected chi connectivity index (χ0v) is 16.1. The predicted molar refractivity (Wildman–Crippen MR) is 102 cm³/mol. The van der Waals surface area contributed by atoms with Crippen LogP contribution >= 0.6 is 0 Å². The Morgan fingerprint density at radius 3 is 2.19 bits per heavy atom. The van der Waals surface area contributed by atoms with Gasteiger partial charge in [-0.25, -0.2) is 8.42 Å². The smallest absolute Gasteiger partial charge is 0.308 e. The number of carboxylic acids is 1. The van der Waals surface area contributed by atoms with Crippen molar-refractivity contribution in [1.82, 2.24) is 5.32 Å². The number of nitrogens with one attached hydrogen (secondary N) is 1. The quantitative estimate of drug-likeness (QED) is 0.723. The zero-order valence-electron chi connectivity index (χ0n) is 15.3. The molecule has 0 heterocycles. The minimum atomic E-state index is -3.63. The van der Waals surface area contributed by atoms with E-state index in [1.165, 1.54) is 12.1 Å². The lowest BCUT2D eigenvalue weighted by molar-refractivity contribution is -0.141. The van der Waals surface area contributed by atoms with Crippen LogP contribution in [-0.4, -0.2) is 37.2 Å². The van der Waals surface area contributed by atoms with E-state index in [1.807, 2.05) is 30.3 Å². The van der Waals surface area contributed by atoms with Crippen LogP contribution in [0.25, 0.3) is 0 Å². The highest BCUT2D eigenvalue weighted by Gasteiger charge is 2.26. The van der Waals surface area contributed by atoms with Gasteiger partial charge >= 0.3 is 5.97 Å². The van der Waals surface area contributed by atoms with Gasteiger partial charge in [-0.1, -0.05) is 42.5 Å². The Morgan fingerprint density at radius 2 is 1.59 bits per heavy atom. The summed E-state index contributed by atoms with van der Waals surface area (Å²) in [7, 11) is -3.63. The van der Waals surface area contributed by atoms with Gasteiger partial charge in [0.2, 0.25) is 0 Å². The normalized spacial score (nSPS) is 12.6. The topological polar surface area (TPSA) is 101 Å². The number of benzene rings is 2. The minimum Gasteiger partial charge on any atom is -0.481 e. The average Bonchev–Trinajstić information content (AvgIpc) is 2.65. The van der Waals surface area contributed by atoms with Crippen LogP contribution in [-0.2, 0) is 21.1 Å². The molecule has 2 aromatic rings. The maximum Gasteiger partial charge on any atom is 0.308 e. The highest BCUT2D eigenvalue weighted by atomic mass is 32.2. The third kappa shape index (κ3) is 5.17. The maximum atomic E-state index is 12.5. The number of hydrogen-bond donors (Lipinski definition) is 2. The van der Waals surface area contributed by atoms with Crippen LogP contribution in [0.15, 0.2) is 59.5 Å². The van der Waals surface area contributed by atoms with Crippen LogP contribution in [0.2, 0.25) is 0 Å². The molecule has 1 amide bonds. The van der Waals surface area contributed by atoms with Crippen LogP contribution in [0, 0.1) is 5.92 Å². The van der Waals surface area contributed by atoms with Gasteiger partial charge in [0, 0.05) is 6.54 Å². The first-order valence-electron chi connectivity index (χ1n) is 8.61. The van der Waals surface area contributed by atoms with Gasteiger partial charge in [0.25, 0.3) is 5.91 Å². The summed E-state index contributed by atoms with van der Waals surface area (Å²) in [6, 6.07) is 15.1. The number of carbonyl (C=O) groups excluding carboxylic acids is 1. The number of carbonyl (C=O) groups is 2. The Hall–Kier alpha value is -2.67. The van der Waals surface area contributed by atoms with Gasteiger partial charge in [0.05, 0.1) is 21.6 Å². The fourth-order valence-corrected chi connectivity index (χ4v) is 3.86. The van der Waals surface area contributed by atoms with Gasteiger partial charge in [-0.15, -0.1) is 0 Å². The highest BCUT2D eigenvalue weighted by molar-refractivity contribution is 7.92. The molecular formula is C20H23NO5S. The van der Waals surface area contributed by atoms with Crippen molar-refractivity contribution in [2.75, 3.05) is 6.54 Å². The van der Waals surface area contributed by atoms with Crippen molar-refractivity contribution in [2.24, 2.45) is 5.92 Å². The molecule has 2 rings (SSSR count). The number of amides is 1. The first-order chi connectivity index (χ1) is 12.7. The van der Waals surface area contributed by atoms with Gasteiger partial charge in [-0.3, -0.25) is 9.59 Å². The fraction of sp³-hybridized carbons (Fsp3) is 0.300. The van der Waals surface area contributed by atoms with E-state index in [9.17, 15) is 23.1 Å². The van der Waals surface area contributed by atoms with Crippen LogP contribution < -0.4 is 5.32 Å². The van der Waals surface area contributed by atoms with Gasteiger partial charge < -0.3 is 10.4 Å². The summed E-state index contributed by atoms with van der Waals surface area (Å²) in [5, 5.41) is 11.3. The van der Waals surface area contributed by atoms with Gasteiger partial charge in [-0.05, 0) is 38.0 Å². The molecule has 0 bridgehead atoms. The lowest BCUT2D eigenvalue weighted by Gasteiger charge is -2.16. The second kappa shape index (κ2) is 8.81. The molecule has 27 heavy (non-hydrogen) atoms. The SMILES string of the molecule is CC(C)S(=O)(=O)c1ccccc1C(=O)NCC(Cc1ccccc1)C(=O)O. The molecular weight excluding hydrogens is 366 g/mol. The minimum absolute atomic E-state index is 0.0232. The van der Waals surface area contributed by atoms with Crippen molar-refractivity contribution in [2.45, 2.75) is 30.4 Å². The standard InChI is InChI=1S/C20H23NO5S/c1-14(2)27(25,26)18-11-7-6-10-17(18)19(22)21-13-16(20(23)24)12-15-8-4-3-5-9-15/h3-11,14,16H,12-13H2,1-2H3,(H,21,22)(H,23,24). The molecule has 1 atom stereocenters. The van der Waals surface area contributed by atoms with E-state index in [2.05, 4.69) is 5.32 Å². The third-order valence-corrected chi connectivity index (χ3v) is 6.45. The average molecular weight is 389 g/mol. The number of rotatable bonds is 8. The second-order valence-electron chi connectivity index (χ2n) is 6.52. The van der Waals surface area contributed by atoms with Crippen molar-refractivity contribution in [3.05, 3.63) is 65.7 Å². The molecule has 0 aromatic heterocycles. The first-order valence-corrected chi connectivity index (χ1v) is 10.2. The van der Waals surface area contributed by atoms with E-state index >= 15 is 0 Å². The molecule has 0 saturated heterocycles. The van der Waals surface area contributed by atoms with Gasteiger partial charge in [0.15, 0.2) is 9.84 Å². The molecule has 0 aliphatic carbocycles. The van der Waals surface area contributed by atoms with Crippen LogP contribution in [0.5, 0.6) is 0 Å². The van der Waals surface area contributed by atoms with E-state index in [-0.39, 0.29) is 23.4 Å². The molecule has 2 aromatic carbocycles. The van der Waals surface area contributed by atoms with Crippen LogP contribution in [0.1, 0.15) is 29.8 Å². The predicted octanol–water partition coefficient (Wildman–Crippen LogP) is 2.54. The first kappa shape index (κ1) is 20.6. The highest BCUT2D eigenvalue weighted by Crippen LogP contribution is 2.20. The molecule has 6 nitrogen and oxygen atoms in total. The summed E-state index contributed by atoms with van der Waals surface area (Å²) in [6.07, 6.45) is 0.266. The van der Waals surface area contributed by atoms with Crippen molar-refractivity contribution in [1.29, 1.82) is 0 Å². The van der Waals surface area contributed by atoms with Crippen molar-refractivity contribution >= 4 is 21.7 Å². The number of hydrogen-bond acceptors (Lipinski definition) is 4. The zero-order chi connectivity index (χ0) is 20.0. The van der Waals surface area contributed by atoms with Crippen molar-refractivity contribution in [3.8, 4) is 0 Å². The molecule has 2 N–H and O–H groups in total. The molecule has 0 radical (unpaired) electrons. The molecule has 7 heteroatoms. The summed E-state index contributed by atoms with van der Waals surface area (Å²) in [6.45, 7) is 2.99. The van der Waals surface area contributed by atoms with E-state index < -0.39 is 32.9 Å². The van der Waals surface area contributed by atoms with Crippen LogP contribution in [0.4, 0.5) is 0 Å². The monoisotopic (exact) mass is 389 g/mol. The van der Waals surface area contributed by atoms with Crippen molar-refractivity contribution < 1.29 is 23.1 Å². The summed E-state index contributed by atoms with van der Waals surface area (Å²) < 4.78 is 24.9. The molecule has 0 aliphatic rings. The summed E-state index contributed by atoms with van der Waals surface area (Å²) in [4.78, 5) is 24.0. The maximum absolute atomic E-state index is 12.5. The van der Waals surface area contributed by atoms with E-state index in [1.54, 1.807) is 26.0 Å². The Balaban J connectivity index is 2.16.